The molecular formula is C20H20O3. The molecule has 0 aliphatic rings. The molecule has 1 heterocycles. The normalized spacial score (nSPS) is 11.6. The lowest BCUT2D eigenvalue weighted by atomic mass is 9.87. The first-order chi connectivity index (χ1) is 10.9. The van der Waals surface area contributed by atoms with Crippen molar-refractivity contribution in [3.8, 4) is 5.75 Å². The van der Waals surface area contributed by atoms with Crippen LogP contribution in [-0.2, 0) is 12.0 Å². The predicted molar refractivity (Wildman–Crippen MR) is 92.0 cm³/mol. The summed E-state index contributed by atoms with van der Waals surface area (Å²) in [4.78, 5) is 11.3. The first kappa shape index (κ1) is 15.3. The lowest BCUT2D eigenvalue weighted by Gasteiger charge is -2.19. The highest BCUT2D eigenvalue weighted by Gasteiger charge is 2.12. The van der Waals surface area contributed by atoms with Gasteiger partial charge in [-0.1, -0.05) is 45.0 Å². The van der Waals surface area contributed by atoms with E-state index < -0.39 is 0 Å². The summed E-state index contributed by atoms with van der Waals surface area (Å²) >= 11 is 0. The Bertz CT molecular complexity index is 868. The molecule has 0 fully saturated rings. The van der Waals surface area contributed by atoms with E-state index in [1.54, 1.807) is 12.1 Å². The van der Waals surface area contributed by atoms with Crippen LogP contribution in [0.4, 0.5) is 0 Å². The Morgan fingerprint density at radius 1 is 0.957 bits per heavy atom. The second-order valence-electron chi connectivity index (χ2n) is 6.69. The van der Waals surface area contributed by atoms with Crippen LogP contribution in [0.1, 0.15) is 31.9 Å². The molecule has 0 spiro atoms. The van der Waals surface area contributed by atoms with Crippen LogP contribution in [0.25, 0.3) is 11.0 Å². The zero-order valence-corrected chi connectivity index (χ0v) is 13.6. The third kappa shape index (κ3) is 3.62. The fourth-order valence-electron chi connectivity index (χ4n) is 2.40. The van der Waals surface area contributed by atoms with Crippen molar-refractivity contribution >= 4 is 11.0 Å². The molecule has 0 aliphatic carbocycles. The van der Waals surface area contributed by atoms with Gasteiger partial charge in [-0.2, -0.15) is 0 Å². The van der Waals surface area contributed by atoms with E-state index in [1.165, 1.54) is 11.6 Å². The first-order valence-corrected chi connectivity index (χ1v) is 7.68. The molecule has 0 bridgehead atoms. The summed E-state index contributed by atoms with van der Waals surface area (Å²) in [6.07, 6.45) is 0. The standard InChI is InChI=1S/C20H20O3/c1-20(2,3)16-8-4-14(5-9-16)13-22-17-10-6-15-7-11-19(21)23-18(15)12-17/h4-12H,13H2,1-3H3. The smallest absolute Gasteiger partial charge is 0.336 e. The molecule has 3 rings (SSSR count). The van der Waals surface area contributed by atoms with Crippen LogP contribution in [0, 0.1) is 0 Å². The Balaban J connectivity index is 1.74. The number of ether oxygens (including phenoxy) is 1. The summed E-state index contributed by atoms with van der Waals surface area (Å²) in [6, 6.07) is 17.1. The minimum Gasteiger partial charge on any atom is -0.489 e. The molecule has 0 aliphatic heterocycles. The maximum absolute atomic E-state index is 11.3. The number of hydrogen-bond donors (Lipinski definition) is 0. The van der Waals surface area contributed by atoms with E-state index >= 15 is 0 Å². The zero-order valence-electron chi connectivity index (χ0n) is 13.6. The Kier molecular flexibility index (Phi) is 3.95. The molecule has 1 aromatic heterocycles. The molecule has 23 heavy (non-hydrogen) atoms. The molecule has 2 aromatic carbocycles. The van der Waals surface area contributed by atoms with Gasteiger partial charge in [-0.15, -0.1) is 0 Å². The second kappa shape index (κ2) is 5.92. The second-order valence-corrected chi connectivity index (χ2v) is 6.69. The van der Waals surface area contributed by atoms with Gasteiger partial charge in [0.15, 0.2) is 0 Å². The fourth-order valence-corrected chi connectivity index (χ4v) is 2.40. The summed E-state index contributed by atoms with van der Waals surface area (Å²) in [6.45, 7) is 7.07. The third-order valence-electron chi connectivity index (χ3n) is 3.82. The number of rotatable bonds is 3. The van der Waals surface area contributed by atoms with E-state index in [4.69, 9.17) is 9.15 Å². The minimum atomic E-state index is -0.354. The zero-order chi connectivity index (χ0) is 16.4. The van der Waals surface area contributed by atoms with Crippen LogP contribution in [0.3, 0.4) is 0 Å². The molecule has 0 unspecified atom stereocenters. The van der Waals surface area contributed by atoms with Gasteiger partial charge in [-0.05, 0) is 34.7 Å². The topological polar surface area (TPSA) is 39.4 Å². The highest BCUT2D eigenvalue weighted by atomic mass is 16.5. The Hall–Kier alpha value is -2.55. The third-order valence-corrected chi connectivity index (χ3v) is 3.82. The average molecular weight is 308 g/mol. The Morgan fingerprint density at radius 3 is 2.35 bits per heavy atom. The van der Waals surface area contributed by atoms with Crippen molar-refractivity contribution in [3.63, 3.8) is 0 Å². The molecule has 3 aromatic rings. The van der Waals surface area contributed by atoms with Crippen molar-refractivity contribution in [2.75, 3.05) is 0 Å². The molecule has 0 N–H and O–H groups in total. The molecule has 0 saturated carbocycles. The summed E-state index contributed by atoms with van der Waals surface area (Å²) in [5.41, 5.74) is 2.74. The number of fused-ring (bicyclic) bond motifs is 1. The molecule has 0 radical (unpaired) electrons. The van der Waals surface area contributed by atoms with E-state index in [0.717, 1.165) is 10.9 Å². The predicted octanol–water partition coefficient (Wildman–Crippen LogP) is 4.67. The van der Waals surface area contributed by atoms with E-state index in [2.05, 4.69) is 45.0 Å². The minimum absolute atomic E-state index is 0.148. The average Bonchev–Trinajstić information content (AvgIpc) is 2.52. The largest absolute Gasteiger partial charge is 0.489 e. The molecular weight excluding hydrogens is 288 g/mol. The van der Waals surface area contributed by atoms with Crippen LogP contribution < -0.4 is 10.4 Å². The number of hydrogen-bond acceptors (Lipinski definition) is 3. The fraction of sp³-hybridized carbons (Fsp3) is 0.250. The van der Waals surface area contributed by atoms with Gasteiger partial charge in [-0.25, -0.2) is 4.79 Å². The van der Waals surface area contributed by atoms with Gasteiger partial charge < -0.3 is 9.15 Å². The summed E-state index contributed by atoms with van der Waals surface area (Å²) in [5, 5.41) is 0.881. The van der Waals surface area contributed by atoms with Gasteiger partial charge in [0.2, 0.25) is 0 Å². The summed E-state index contributed by atoms with van der Waals surface area (Å²) < 4.78 is 11.0. The van der Waals surface area contributed by atoms with Crippen LogP contribution in [-0.4, -0.2) is 0 Å². The van der Waals surface area contributed by atoms with Crippen LogP contribution in [0.2, 0.25) is 0 Å². The molecule has 0 saturated heterocycles. The first-order valence-electron chi connectivity index (χ1n) is 7.68. The number of benzene rings is 2. The molecule has 3 heteroatoms. The maximum Gasteiger partial charge on any atom is 0.336 e. The molecule has 118 valence electrons. The van der Waals surface area contributed by atoms with Gasteiger partial charge in [0.1, 0.15) is 17.9 Å². The van der Waals surface area contributed by atoms with Crippen molar-refractivity contribution in [3.05, 3.63) is 76.1 Å². The van der Waals surface area contributed by atoms with Crippen molar-refractivity contribution in [1.29, 1.82) is 0 Å². The van der Waals surface area contributed by atoms with E-state index in [9.17, 15) is 4.79 Å². The van der Waals surface area contributed by atoms with Crippen LogP contribution >= 0.6 is 0 Å². The van der Waals surface area contributed by atoms with Gasteiger partial charge in [-0.3, -0.25) is 0 Å². The Labute approximate surface area is 135 Å². The van der Waals surface area contributed by atoms with Crippen molar-refractivity contribution in [2.45, 2.75) is 32.8 Å². The summed E-state index contributed by atoms with van der Waals surface area (Å²) in [7, 11) is 0. The SMILES string of the molecule is CC(C)(C)c1ccc(COc2ccc3ccc(=O)oc3c2)cc1. The highest BCUT2D eigenvalue weighted by Crippen LogP contribution is 2.23. The van der Waals surface area contributed by atoms with Gasteiger partial charge >= 0.3 is 5.63 Å². The lowest BCUT2D eigenvalue weighted by Crippen LogP contribution is -2.10. The van der Waals surface area contributed by atoms with Crippen molar-refractivity contribution < 1.29 is 9.15 Å². The summed E-state index contributed by atoms with van der Waals surface area (Å²) in [5.74, 6) is 0.687. The van der Waals surface area contributed by atoms with Crippen molar-refractivity contribution in [2.24, 2.45) is 0 Å². The molecule has 0 amide bonds. The van der Waals surface area contributed by atoms with E-state index in [1.807, 2.05) is 12.1 Å². The van der Waals surface area contributed by atoms with Gasteiger partial charge in [0.05, 0.1) is 0 Å². The molecule has 0 atom stereocenters. The highest BCUT2D eigenvalue weighted by molar-refractivity contribution is 5.77. The molecule has 3 nitrogen and oxygen atoms in total. The lowest BCUT2D eigenvalue weighted by molar-refractivity contribution is 0.306. The maximum atomic E-state index is 11.3. The van der Waals surface area contributed by atoms with Gasteiger partial charge in [0, 0.05) is 17.5 Å². The quantitative estimate of drug-likeness (QED) is 0.660. The van der Waals surface area contributed by atoms with E-state index in [0.29, 0.717) is 17.9 Å². The van der Waals surface area contributed by atoms with E-state index in [-0.39, 0.29) is 11.0 Å². The van der Waals surface area contributed by atoms with Crippen LogP contribution in [0.15, 0.2) is 63.8 Å². The Morgan fingerprint density at radius 2 is 1.65 bits per heavy atom. The van der Waals surface area contributed by atoms with Gasteiger partial charge in [0.25, 0.3) is 0 Å². The van der Waals surface area contributed by atoms with Crippen molar-refractivity contribution in [1.82, 2.24) is 0 Å². The monoisotopic (exact) mass is 308 g/mol. The van der Waals surface area contributed by atoms with Crippen LogP contribution in [0.5, 0.6) is 5.75 Å².